The highest BCUT2D eigenvalue weighted by Gasteiger charge is 2.35. The summed E-state index contributed by atoms with van der Waals surface area (Å²) in [6, 6.07) is 13.8. The maximum atomic E-state index is 12.6. The Morgan fingerprint density at radius 2 is 1.71 bits per heavy atom. The molecule has 2 fully saturated rings. The van der Waals surface area contributed by atoms with Crippen LogP contribution in [0.25, 0.3) is 0 Å². The van der Waals surface area contributed by atoms with Crippen molar-refractivity contribution in [2.45, 2.75) is 50.6 Å². The molecule has 2 aromatic rings. The van der Waals surface area contributed by atoms with Crippen LogP contribution in [0.4, 0.5) is 10.5 Å². The minimum absolute atomic E-state index is 0.158. The number of likely N-dealkylation sites (tertiary alicyclic amines) is 1. The second-order valence-corrected chi connectivity index (χ2v) is 9.84. The summed E-state index contributed by atoms with van der Waals surface area (Å²) in [6.07, 6.45) is 6.77. The van der Waals surface area contributed by atoms with Crippen LogP contribution in [0.3, 0.4) is 0 Å². The predicted octanol–water partition coefficient (Wildman–Crippen LogP) is 6.64. The Morgan fingerprint density at radius 3 is 2.45 bits per heavy atom. The summed E-state index contributed by atoms with van der Waals surface area (Å²) in [5, 5.41) is 7.60. The molecule has 2 unspecified atom stereocenters. The van der Waals surface area contributed by atoms with Crippen molar-refractivity contribution in [2.24, 2.45) is 5.92 Å². The topological polar surface area (TPSA) is 44.4 Å². The summed E-state index contributed by atoms with van der Waals surface area (Å²) in [4.78, 5) is 15.2. The van der Waals surface area contributed by atoms with Crippen LogP contribution in [0, 0.1) is 5.92 Å². The zero-order chi connectivity index (χ0) is 21.8. The van der Waals surface area contributed by atoms with E-state index in [0.717, 1.165) is 43.8 Å². The SMILES string of the molecule is O=C(Nc1cccc(Cl)c1Cl)NC1CCCC1N1CCC(Cc2ccc(Cl)cc2)CC1. The molecule has 166 valence electrons. The number of urea groups is 1. The first-order valence-electron chi connectivity index (χ1n) is 11.0. The van der Waals surface area contributed by atoms with E-state index in [-0.39, 0.29) is 12.1 Å². The quantitative estimate of drug-likeness (QED) is 0.503. The molecule has 7 heteroatoms. The molecular weight excluding hydrogens is 453 g/mol. The summed E-state index contributed by atoms with van der Waals surface area (Å²) in [5.41, 5.74) is 1.89. The van der Waals surface area contributed by atoms with Crippen molar-refractivity contribution in [3.05, 3.63) is 63.1 Å². The highest BCUT2D eigenvalue weighted by molar-refractivity contribution is 6.43. The third-order valence-corrected chi connectivity index (χ3v) is 7.62. The molecule has 1 saturated carbocycles. The molecule has 0 spiro atoms. The Balaban J connectivity index is 1.28. The summed E-state index contributed by atoms with van der Waals surface area (Å²) < 4.78 is 0. The molecule has 4 nitrogen and oxygen atoms in total. The van der Waals surface area contributed by atoms with Gasteiger partial charge in [0.25, 0.3) is 0 Å². The fraction of sp³-hybridized carbons (Fsp3) is 0.458. The molecule has 1 heterocycles. The average molecular weight is 481 g/mol. The van der Waals surface area contributed by atoms with E-state index in [4.69, 9.17) is 34.8 Å². The van der Waals surface area contributed by atoms with Crippen LogP contribution < -0.4 is 10.6 Å². The van der Waals surface area contributed by atoms with Gasteiger partial charge in [0, 0.05) is 17.1 Å². The number of amides is 2. The van der Waals surface area contributed by atoms with Gasteiger partial charge in [-0.25, -0.2) is 4.79 Å². The molecule has 0 aromatic heterocycles. The number of nitrogens with zero attached hydrogens (tertiary/aromatic N) is 1. The summed E-state index contributed by atoms with van der Waals surface area (Å²) in [6.45, 7) is 2.17. The van der Waals surface area contributed by atoms with E-state index in [9.17, 15) is 4.79 Å². The number of rotatable bonds is 5. The van der Waals surface area contributed by atoms with Gasteiger partial charge in [0.1, 0.15) is 0 Å². The van der Waals surface area contributed by atoms with Gasteiger partial charge >= 0.3 is 6.03 Å². The van der Waals surface area contributed by atoms with E-state index in [2.05, 4.69) is 27.7 Å². The standard InChI is InChI=1S/C24H28Cl3N3O/c25-18-9-7-16(8-10-18)15-17-11-13-30(14-12-17)22-6-2-4-20(22)28-24(31)29-21-5-1-3-19(26)23(21)27/h1,3,5,7-10,17,20,22H,2,4,6,11-15H2,(H2,28,29,31). The van der Waals surface area contributed by atoms with Crippen molar-refractivity contribution in [1.29, 1.82) is 0 Å². The first kappa shape index (κ1) is 22.7. The van der Waals surface area contributed by atoms with Crippen LogP contribution in [0.1, 0.15) is 37.7 Å². The number of anilines is 1. The molecule has 31 heavy (non-hydrogen) atoms. The van der Waals surface area contributed by atoms with E-state index in [1.165, 1.54) is 18.4 Å². The molecule has 2 atom stereocenters. The molecule has 2 amide bonds. The van der Waals surface area contributed by atoms with E-state index in [1.54, 1.807) is 18.2 Å². The van der Waals surface area contributed by atoms with Gasteiger partial charge in [-0.15, -0.1) is 0 Å². The Kier molecular flexibility index (Phi) is 7.65. The number of carbonyl (C=O) groups is 1. The largest absolute Gasteiger partial charge is 0.334 e. The predicted molar refractivity (Wildman–Crippen MR) is 129 cm³/mol. The minimum Gasteiger partial charge on any atom is -0.334 e. The second-order valence-electron chi connectivity index (χ2n) is 8.61. The number of halogens is 3. The lowest BCUT2D eigenvalue weighted by molar-refractivity contribution is 0.119. The van der Waals surface area contributed by atoms with Crippen LogP contribution in [-0.4, -0.2) is 36.1 Å². The maximum absolute atomic E-state index is 12.6. The van der Waals surface area contributed by atoms with E-state index >= 15 is 0 Å². The normalized spacial score (nSPS) is 22.4. The van der Waals surface area contributed by atoms with Crippen molar-refractivity contribution < 1.29 is 4.79 Å². The monoisotopic (exact) mass is 479 g/mol. The summed E-state index contributed by atoms with van der Waals surface area (Å²) >= 11 is 18.2. The average Bonchev–Trinajstić information content (AvgIpc) is 3.21. The van der Waals surface area contributed by atoms with Gasteiger partial charge in [-0.3, -0.25) is 4.90 Å². The van der Waals surface area contributed by atoms with Crippen LogP contribution in [-0.2, 0) is 6.42 Å². The number of benzene rings is 2. The van der Waals surface area contributed by atoms with Gasteiger partial charge in [0.2, 0.25) is 0 Å². The number of carbonyl (C=O) groups excluding carboxylic acids is 1. The molecule has 2 aliphatic rings. The van der Waals surface area contributed by atoms with Crippen molar-refractivity contribution in [2.75, 3.05) is 18.4 Å². The van der Waals surface area contributed by atoms with Crippen molar-refractivity contribution >= 4 is 46.5 Å². The maximum Gasteiger partial charge on any atom is 0.319 e. The number of hydrogen-bond acceptors (Lipinski definition) is 2. The van der Waals surface area contributed by atoms with Gasteiger partial charge < -0.3 is 10.6 Å². The Morgan fingerprint density at radius 1 is 0.968 bits per heavy atom. The molecule has 2 aromatic carbocycles. The van der Waals surface area contributed by atoms with Gasteiger partial charge in [-0.2, -0.15) is 0 Å². The van der Waals surface area contributed by atoms with Gasteiger partial charge in [0.15, 0.2) is 0 Å². The Labute approximate surface area is 199 Å². The van der Waals surface area contributed by atoms with Gasteiger partial charge in [-0.05, 0) is 87.4 Å². The van der Waals surface area contributed by atoms with E-state index in [1.807, 2.05) is 12.1 Å². The molecule has 1 saturated heterocycles. The second kappa shape index (κ2) is 10.4. The molecule has 2 N–H and O–H groups in total. The van der Waals surface area contributed by atoms with Gasteiger partial charge in [0.05, 0.1) is 15.7 Å². The summed E-state index contributed by atoms with van der Waals surface area (Å²) in [7, 11) is 0. The highest BCUT2D eigenvalue weighted by Crippen LogP contribution is 2.31. The number of hydrogen-bond donors (Lipinski definition) is 2. The lowest BCUT2D eigenvalue weighted by Crippen LogP contribution is -2.52. The zero-order valence-corrected chi connectivity index (χ0v) is 19.7. The van der Waals surface area contributed by atoms with E-state index in [0.29, 0.717) is 27.7 Å². The molecule has 4 rings (SSSR count). The van der Waals surface area contributed by atoms with E-state index < -0.39 is 0 Å². The highest BCUT2D eigenvalue weighted by atomic mass is 35.5. The van der Waals surface area contributed by atoms with Crippen LogP contribution in [0.15, 0.2) is 42.5 Å². The molecule has 0 bridgehead atoms. The van der Waals surface area contributed by atoms with Crippen molar-refractivity contribution in [1.82, 2.24) is 10.2 Å². The Bertz CT molecular complexity index is 897. The lowest BCUT2D eigenvalue weighted by Gasteiger charge is -2.38. The lowest BCUT2D eigenvalue weighted by atomic mass is 9.89. The summed E-state index contributed by atoms with van der Waals surface area (Å²) in [5.74, 6) is 0.707. The van der Waals surface area contributed by atoms with Crippen LogP contribution in [0.2, 0.25) is 15.1 Å². The molecule has 0 radical (unpaired) electrons. The fourth-order valence-corrected chi connectivity index (χ4v) is 5.39. The van der Waals surface area contributed by atoms with Gasteiger partial charge in [-0.1, -0.05) is 53.0 Å². The molecule has 1 aliphatic heterocycles. The number of piperidine rings is 1. The smallest absolute Gasteiger partial charge is 0.319 e. The molecular formula is C24H28Cl3N3O. The fourth-order valence-electron chi connectivity index (χ4n) is 4.92. The number of nitrogens with one attached hydrogen (secondary N) is 2. The molecule has 1 aliphatic carbocycles. The minimum atomic E-state index is -0.223. The first-order chi connectivity index (χ1) is 15.0. The third kappa shape index (κ3) is 5.87. The van der Waals surface area contributed by atoms with Crippen molar-refractivity contribution in [3.8, 4) is 0 Å². The first-order valence-corrected chi connectivity index (χ1v) is 12.1. The third-order valence-electron chi connectivity index (χ3n) is 6.55. The van der Waals surface area contributed by atoms with Crippen LogP contribution in [0.5, 0.6) is 0 Å². The van der Waals surface area contributed by atoms with Crippen LogP contribution >= 0.6 is 34.8 Å². The Hall–Kier alpha value is -1.46. The zero-order valence-electron chi connectivity index (χ0n) is 17.4. The van der Waals surface area contributed by atoms with Crippen molar-refractivity contribution in [3.63, 3.8) is 0 Å².